The number of piperazine rings is 1. The molecule has 2 aliphatic heterocycles. The number of hydrogen-bond donors (Lipinski definition) is 0. The molecule has 2 fully saturated rings. The van der Waals surface area contributed by atoms with E-state index in [2.05, 4.69) is 9.88 Å². The zero-order valence-electron chi connectivity index (χ0n) is 12.0. The van der Waals surface area contributed by atoms with Gasteiger partial charge in [0.1, 0.15) is 5.15 Å². The number of amides is 1. The van der Waals surface area contributed by atoms with E-state index in [0.717, 1.165) is 45.8 Å². The highest BCUT2D eigenvalue weighted by Gasteiger charge is 2.26. The molecule has 0 spiro atoms. The van der Waals surface area contributed by atoms with Gasteiger partial charge in [-0.25, -0.2) is 4.98 Å². The number of carbonyl (C=O) groups excluding carboxylic acids is 1. The first kappa shape index (κ1) is 14.8. The van der Waals surface area contributed by atoms with Crippen molar-refractivity contribution < 1.29 is 9.53 Å². The van der Waals surface area contributed by atoms with Crippen LogP contribution in [-0.2, 0) is 4.74 Å². The van der Waals surface area contributed by atoms with Gasteiger partial charge < -0.3 is 9.64 Å². The number of carbonyl (C=O) groups is 1. The second-order valence-corrected chi connectivity index (χ2v) is 5.93. The Hall–Kier alpha value is -1.17. The fourth-order valence-electron chi connectivity index (χ4n) is 2.93. The Balaban J connectivity index is 1.53. The molecule has 6 heteroatoms. The summed E-state index contributed by atoms with van der Waals surface area (Å²) in [6.45, 7) is 5.12. The van der Waals surface area contributed by atoms with Crippen LogP contribution >= 0.6 is 11.6 Å². The lowest BCUT2D eigenvalue weighted by Crippen LogP contribution is -2.50. The fraction of sp³-hybridized carbons (Fsp3) is 0.600. The molecule has 1 amide bonds. The fourth-order valence-corrected chi connectivity index (χ4v) is 3.13. The van der Waals surface area contributed by atoms with Gasteiger partial charge in [0.25, 0.3) is 5.91 Å². The Morgan fingerprint density at radius 3 is 2.86 bits per heavy atom. The normalized spacial score (nSPS) is 23.5. The van der Waals surface area contributed by atoms with Gasteiger partial charge in [0.05, 0.1) is 11.7 Å². The Morgan fingerprint density at radius 1 is 1.38 bits per heavy atom. The molecule has 1 aromatic rings. The van der Waals surface area contributed by atoms with E-state index >= 15 is 0 Å². The number of pyridine rings is 1. The number of rotatable bonds is 3. The highest BCUT2D eigenvalue weighted by molar-refractivity contribution is 6.32. The average Bonchev–Trinajstić information content (AvgIpc) is 3.01. The van der Waals surface area contributed by atoms with Crippen LogP contribution in [0.5, 0.6) is 0 Å². The van der Waals surface area contributed by atoms with Crippen molar-refractivity contribution in [2.24, 2.45) is 0 Å². The zero-order chi connectivity index (χ0) is 14.7. The molecular weight excluding hydrogens is 290 g/mol. The van der Waals surface area contributed by atoms with Crippen molar-refractivity contribution in [3.05, 3.63) is 29.0 Å². The summed E-state index contributed by atoms with van der Waals surface area (Å²) in [4.78, 5) is 20.6. The Bertz CT molecular complexity index is 497. The highest BCUT2D eigenvalue weighted by atomic mass is 35.5. The first-order chi connectivity index (χ1) is 10.2. The van der Waals surface area contributed by atoms with Crippen molar-refractivity contribution >= 4 is 17.5 Å². The molecule has 0 aromatic carbocycles. The molecule has 0 bridgehead atoms. The lowest BCUT2D eigenvalue weighted by Gasteiger charge is -2.35. The maximum absolute atomic E-state index is 12.4. The standard InChI is InChI=1S/C15H20ClN3O2/c16-14-13(4-1-5-17-14)15(20)19-8-6-18(7-9-19)11-12-3-2-10-21-12/h1,4-5,12H,2-3,6-11H2. The first-order valence-corrected chi connectivity index (χ1v) is 7.85. The summed E-state index contributed by atoms with van der Waals surface area (Å²) in [6, 6.07) is 3.48. The minimum absolute atomic E-state index is 0.0233. The van der Waals surface area contributed by atoms with E-state index in [0.29, 0.717) is 11.7 Å². The second-order valence-electron chi connectivity index (χ2n) is 5.57. The molecule has 2 saturated heterocycles. The van der Waals surface area contributed by atoms with Crippen LogP contribution < -0.4 is 0 Å². The van der Waals surface area contributed by atoms with Gasteiger partial charge >= 0.3 is 0 Å². The van der Waals surface area contributed by atoms with Gasteiger partial charge in [-0.2, -0.15) is 0 Å². The van der Waals surface area contributed by atoms with E-state index < -0.39 is 0 Å². The molecule has 1 unspecified atom stereocenters. The van der Waals surface area contributed by atoms with E-state index in [1.54, 1.807) is 18.3 Å². The number of aromatic nitrogens is 1. The second kappa shape index (κ2) is 6.73. The van der Waals surface area contributed by atoms with E-state index in [4.69, 9.17) is 16.3 Å². The van der Waals surface area contributed by atoms with Crippen molar-refractivity contribution in [1.82, 2.24) is 14.8 Å². The molecule has 21 heavy (non-hydrogen) atoms. The predicted molar refractivity (Wildman–Crippen MR) is 80.6 cm³/mol. The summed E-state index contributed by atoms with van der Waals surface area (Å²) in [5.74, 6) is -0.0233. The minimum Gasteiger partial charge on any atom is -0.377 e. The quantitative estimate of drug-likeness (QED) is 0.797. The summed E-state index contributed by atoms with van der Waals surface area (Å²) >= 11 is 5.99. The van der Waals surface area contributed by atoms with Crippen molar-refractivity contribution in [1.29, 1.82) is 0 Å². The van der Waals surface area contributed by atoms with Gasteiger partial charge in [0.2, 0.25) is 0 Å². The lowest BCUT2D eigenvalue weighted by molar-refractivity contribution is 0.0432. The third-order valence-electron chi connectivity index (χ3n) is 4.13. The number of halogens is 1. The maximum Gasteiger partial charge on any atom is 0.257 e. The Morgan fingerprint density at radius 2 is 2.19 bits per heavy atom. The maximum atomic E-state index is 12.4. The third kappa shape index (κ3) is 3.54. The minimum atomic E-state index is -0.0233. The lowest BCUT2D eigenvalue weighted by atomic mass is 10.2. The van der Waals surface area contributed by atoms with Gasteiger partial charge in [0.15, 0.2) is 0 Å². The van der Waals surface area contributed by atoms with E-state index in [-0.39, 0.29) is 11.1 Å². The van der Waals surface area contributed by atoms with Crippen molar-refractivity contribution in [2.45, 2.75) is 18.9 Å². The number of nitrogens with zero attached hydrogens (tertiary/aromatic N) is 3. The number of ether oxygens (including phenoxy) is 1. The van der Waals surface area contributed by atoms with Crippen LogP contribution in [0.15, 0.2) is 18.3 Å². The largest absolute Gasteiger partial charge is 0.377 e. The highest BCUT2D eigenvalue weighted by Crippen LogP contribution is 2.17. The van der Waals surface area contributed by atoms with E-state index in [1.807, 2.05) is 4.90 Å². The van der Waals surface area contributed by atoms with Gasteiger partial charge in [-0.1, -0.05) is 11.6 Å². The van der Waals surface area contributed by atoms with Gasteiger partial charge in [-0.15, -0.1) is 0 Å². The summed E-state index contributed by atoms with van der Waals surface area (Å²) < 4.78 is 5.67. The topological polar surface area (TPSA) is 45.7 Å². The van der Waals surface area contributed by atoms with E-state index in [1.165, 1.54) is 6.42 Å². The van der Waals surface area contributed by atoms with Crippen LogP contribution in [0.2, 0.25) is 5.15 Å². The smallest absolute Gasteiger partial charge is 0.257 e. The van der Waals surface area contributed by atoms with Crippen LogP contribution in [-0.4, -0.2) is 66.1 Å². The van der Waals surface area contributed by atoms with Gasteiger partial charge in [-0.05, 0) is 25.0 Å². The predicted octanol–water partition coefficient (Wildman–Crippen LogP) is 1.67. The SMILES string of the molecule is O=C(c1cccnc1Cl)N1CCN(CC2CCCO2)CC1. The summed E-state index contributed by atoms with van der Waals surface area (Å²) in [5.41, 5.74) is 0.492. The molecule has 1 aromatic heterocycles. The molecule has 3 rings (SSSR count). The van der Waals surface area contributed by atoms with Crippen LogP contribution in [0.1, 0.15) is 23.2 Å². The molecule has 0 aliphatic carbocycles. The monoisotopic (exact) mass is 309 g/mol. The Labute approximate surface area is 129 Å². The summed E-state index contributed by atoms with van der Waals surface area (Å²) in [7, 11) is 0. The third-order valence-corrected chi connectivity index (χ3v) is 4.44. The molecule has 0 radical (unpaired) electrons. The molecule has 0 saturated carbocycles. The van der Waals surface area contributed by atoms with Crippen molar-refractivity contribution in [3.63, 3.8) is 0 Å². The molecule has 5 nitrogen and oxygen atoms in total. The molecule has 1 atom stereocenters. The van der Waals surface area contributed by atoms with Crippen molar-refractivity contribution in [3.8, 4) is 0 Å². The average molecular weight is 310 g/mol. The van der Waals surface area contributed by atoms with Crippen LogP contribution in [0.3, 0.4) is 0 Å². The van der Waals surface area contributed by atoms with E-state index in [9.17, 15) is 4.79 Å². The summed E-state index contributed by atoms with van der Waals surface area (Å²) in [5, 5.41) is 0.282. The van der Waals surface area contributed by atoms with Crippen molar-refractivity contribution in [2.75, 3.05) is 39.3 Å². The molecular formula is C15H20ClN3O2. The van der Waals surface area contributed by atoms with Crippen LogP contribution in [0.4, 0.5) is 0 Å². The molecule has 114 valence electrons. The summed E-state index contributed by atoms with van der Waals surface area (Å²) in [6.07, 6.45) is 4.30. The molecule has 3 heterocycles. The molecule has 0 N–H and O–H groups in total. The van der Waals surface area contributed by atoms with Crippen LogP contribution in [0.25, 0.3) is 0 Å². The molecule has 2 aliphatic rings. The number of hydrogen-bond acceptors (Lipinski definition) is 4. The van der Waals surface area contributed by atoms with Crippen LogP contribution in [0, 0.1) is 0 Å². The van der Waals surface area contributed by atoms with Gasteiger partial charge in [-0.3, -0.25) is 9.69 Å². The van der Waals surface area contributed by atoms with Gasteiger partial charge in [0, 0.05) is 45.5 Å². The zero-order valence-corrected chi connectivity index (χ0v) is 12.8. The Kier molecular flexibility index (Phi) is 4.73. The first-order valence-electron chi connectivity index (χ1n) is 7.48.